The second-order valence-electron chi connectivity index (χ2n) is 9.73. The molecule has 0 unspecified atom stereocenters. The molecule has 5 aromatic carbocycles. The Kier molecular flexibility index (Phi) is 8.26. The van der Waals surface area contributed by atoms with Crippen LogP contribution in [-0.4, -0.2) is 49.9 Å². The lowest BCUT2D eigenvalue weighted by molar-refractivity contribution is 0.1000. The molecule has 5 rings (SSSR count). The lowest BCUT2D eigenvalue weighted by Crippen LogP contribution is -2.10. The quantitative estimate of drug-likeness (QED) is 0.0711. The molecule has 20 heteroatoms. The van der Waals surface area contributed by atoms with E-state index < -0.39 is 68.1 Å². The van der Waals surface area contributed by atoms with Crippen molar-refractivity contribution in [2.75, 3.05) is 5.73 Å². The summed E-state index contributed by atoms with van der Waals surface area (Å²) in [4.78, 5) is 8.97. The number of carbonyl (C=O) groups excluding carboxylic acids is 1. The fraction of sp³-hybridized carbons (Fsp3) is 0. The minimum atomic E-state index is -5.15. The lowest BCUT2D eigenvalue weighted by Gasteiger charge is -2.11. The molecule has 0 aliphatic rings. The molecular weight excluding hydrogens is 681 g/mol. The molecule has 0 spiro atoms. The summed E-state index contributed by atoms with van der Waals surface area (Å²) in [6.45, 7) is 0. The predicted octanol–water partition coefficient (Wildman–Crippen LogP) is 4.95. The Morgan fingerprint density at radius 2 is 1.19 bits per heavy atom. The van der Waals surface area contributed by atoms with Crippen molar-refractivity contribution in [3.8, 4) is 5.75 Å². The van der Waals surface area contributed by atoms with Gasteiger partial charge in [-0.2, -0.15) is 30.4 Å². The third-order valence-corrected chi connectivity index (χ3v) is 9.29. The number of amides is 1. The van der Waals surface area contributed by atoms with Gasteiger partial charge in [0.15, 0.2) is 5.75 Å². The first-order valence-corrected chi connectivity index (χ1v) is 17.0. The van der Waals surface area contributed by atoms with E-state index in [4.69, 9.17) is 11.5 Å². The molecule has 0 heterocycles. The number of nitrogens with zero attached hydrogens (tertiary/aromatic N) is 4. The Morgan fingerprint density at radius 3 is 1.77 bits per heavy atom. The summed E-state index contributed by atoms with van der Waals surface area (Å²) >= 11 is 0. The maximum absolute atomic E-state index is 12.3. The van der Waals surface area contributed by atoms with E-state index in [2.05, 4.69) is 20.5 Å². The summed E-state index contributed by atoms with van der Waals surface area (Å²) in [5.74, 6) is -1.54. The Balaban J connectivity index is 1.69. The highest BCUT2D eigenvalue weighted by atomic mass is 32.2. The average Bonchev–Trinajstić information content (AvgIpc) is 2.98. The number of aromatic hydroxyl groups is 1. The topological polar surface area (TPSA) is 302 Å². The number of hydrogen-bond acceptors (Lipinski definition) is 13. The van der Waals surface area contributed by atoms with Gasteiger partial charge in [-0.05, 0) is 72.1 Å². The molecule has 0 radical (unpaired) electrons. The monoisotopic (exact) mass is 700 g/mol. The molecule has 0 bridgehead atoms. The van der Waals surface area contributed by atoms with Crippen molar-refractivity contribution >= 4 is 86.2 Å². The van der Waals surface area contributed by atoms with Crippen molar-refractivity contribution in [2.45, 2.75) is 14.7 Å². The number of fused-ring (bicyclic) bond motifs is 2. The van der Waals surface area contributed by atoms with Gasteiger partial charge in [-0.3, -0.25) is 18.5 Å². The number of anilines is 1. The van der Waals surface area contributed by atoms with Gasteiger partial charge in [-0.25, -0.2) is 0 Å². The van der Waals surface area contributed by atoms with Crippen LogP contribution in [-0.2, 0) is 30.4 Å². The van der Waals surface area contributed by atoms with Gasteiger partial charge < -0.3 is 16.6 Å². The summed E-state index contributed by atoms with van der Waals surface area (Å²) in [5.41, 5.74) is 10.3. The fourth-order valence-corrected chi connectivity index (χ4v) is 6.24. The molecule has 5 aromatic rings. The first-order chi connectivity index (χ1) is 21.8. The second-order valence-corrected chi connectivity index (χ2v) is 13.9. The molecule has 0 saturated carbocycles. The van der Waals surface area contributed by atoms with E-state index in [0.29, 0.717) is 5.69 Å². The van der Waals surface area contributed by atoms with Crippen LogP contribution < -0.4 is 11.5 Å². The number of carbonyl (C=O) groups is 1. The molecule has 1 amide bonds. The van der Waals surface area contributed by atoms with Crippen molar-refractivity contribution in [1.29, 1.82) is 0 Å². The van der Waals surface area contributed by atoms with Crippen LogP contribution in [0.25, 0.3) is 21.5 Å². The van der Waals surface area contributed by atoms with Crippen molar-refractivity contribution in [1.82, 2.24) is 0 Å². The van der Waals surface area contributed by atoms with Crippen LogP contribution >= 0.6 is 0 Å². The molecule has 242 valence electrons. The van der Waals surface area contributed by atoms with E-state index in [9.17, 15) is 48.8 Å². The average molecular weight is 701 g/mol. The maximum Gasteiger partial charge on any atom is 0.296 e. The minimum absolute atomic E-state index is 0.0140. The number of phenols is 1. The lowest BCUT2D eigenvalue weighted by atomic mass is 10.1. The molecule has 0 atom stereocenters. The van der Waals surface area contributed by atoms with E-state index in [0.717, 1.165) is 30.3 Å². The molecule has 0 aliphatic carbocycles. The molecule has 0 saturated heterocycles. The molecule has 47 heavy (non-hydrogen) atoms. The largest absolute Gasteiger partial charge is 0.505 e. The standard InChI is InChI=1S/C27H20N6O11S3/c28-20-12-18-14(9-23(20)46(39,40)41)10-24(47(42,43)44)25(26(18)34)33-32-22-8-7-21(17-6-5-16(11-19(17)22)45(36,37)38)31-30-15-3-1-13(2-4-15)27(29)35/h1-12,34H,28H2,(H2,29,35)(H,36,37,38)(H,39,40,41)(H,42,43,44). The smallest absolute Gasteiger partial charge is 0.296 e. The third-order valence-electron chi connectivity index (χ3n) is 6.66. The van der Waals surface area contributed by atoms with Crippen LogP contribution in [0.2, 0.25) is 0 Å². The van der Waals surface area contributed by atoms with Gasteiger partial charge in [0.2, 0.25) is 5.91 Å². The van der Waals surface area contributed by atoms with Crippen LogP contribution in [0.5, 0.6) is 5.75 Å². The molecule has 17 nitrogen and oxygen atoms in total. The van der Waals surface area contributed by atoms with Crippen LogP contribution in [0.3, 0.4) is 0 Å². The van der Waals surface area contributed by atoms with Gasteiger partial charge in [0.05, 0.1) is 27.6 Å². The summed E-state index contributed by atoms with van der Waals surface area (Å²) in [6, 6.07) is 14.4. The van der Waals surface area contributed by atoms with Crippen molar-refractivity contribution in [2.24, 2.45) is 26.2 Å². The number of rotatable bonds is 8. The number of nitrogen functional groups attached to an aromatic ring is 1. The number of hydrogen-bond donors (Lipinski definition) is 6. The highest BCUT2D eigenvalue weighted by Crippen LogP contribution is 2.44. The SMILES string of the molecule is NC(=O)c1ccc(N=Nc2ccc(N=Nc3c(S(=O)(=O)O)cc4cc(S(=O)(=O)O)c(N)cc4c3O)c3cc(S(=O)(=O)O)ccc23)cc1. The number of nitrogens with two attached hydrogens (primary N) is 2. The first-order valence-electron chi connectivity index (χ1n) is 12.7. The zero-order chi connectivity index (χ0) is 34.5. The molecule has 0 fully saturated rings. The van der Waals surface area contributed by atoms with Crippen molar-refractivity contribution in [3.05, 3.63) is 78.4 Å². The molecule has 8 N–H and O–H groups in total. The normalized spacial score (nSPS) is 12.8. The first kappa shape index (κ1) is 33.0. The van der Waals surface area contributed by atoms with E-state index in [1.807, 2.05) is 0 Å². The Bertz CT molecular complexity index is 2540. The van der Waals surface area contributed by atoms with Gasteiger partial charge in [0.25, 0.3) is 30.4 Å². The third kappa shape index (κ3) is 6.77. The maximum atomic E-state index is 12.3. The zero-order valence-corrected chi connectivity index (χ0v) is 25.7. The Morgan fingerprint density at radius 1 is 0.617 bits per heavy atom. The zero-order valence-electron chi connectivity index (χ0n) is 23.2. The van der Waals surface area contributed by atoms with Crippen LogP contribution in [0, 0.1) is 0 Å². The van der Waals surface area contributed by atoms with E-state index >= 15 is 0 Å². The van der Waals surface area contributed by atoms with Gasteiger partial charge >= 0.3 is 0 Å². The number of primary amides is 1. The predicted molar refractivity (Wildman–Crippen MR) is 167 cm³/mol. The minimum Gasteiger partial charge on any atom is -0.505 e. The summed E-state index contributed by atoms with van der Waals surface area (Å²) in [5, 5.41) is 26.7. The van der Waals surface area contributed by atoms with Crippen LogP contribution in [0.1, 0.15) is 10.4 Å². The van der Waals surface area contributed by atoms with Crippen LogP contribution in [0.15, 0.2) is 108 Å². The number of azo groups is 2. The van der Waals surface area contributed by atoms with Crippen LogP contribution in [0.4, 0.5) is 28.4 Å². The second kappa shape index (κ2) is 11.8. The van der Waals surface area contributed by atoms with E-state index in [1.165, 1.54) is 42.5 Å². The van der Waals surface area contributed by atoms with Gasteiger partial charge in [0, 0.05) is 21.7 Å². The van der Waals surface area contributed by atoms with E-state index in [1.54, 1.807) is 0 Å². The molecular formula is C27H20N6O11S3. The van der Waals surface area contributed by atoms with Gasteiger partial charge in [-0.15, -0.1) is 15.3 Å². The number of benzene rings is 5. The highest BCUT2D eigenvalue weighted by molar-refractivity contribution is 7.86. The van der Waals surface area contributed by atoms with Gasteiger partial charge in [-0.1, -0.05) is 6.07 Å². The van der Waals surface area contributed by atoms with Crippen molar-refractivity contribution < 1.29 is 48.8 Å². The molecule has 0 aromatic heterocycles. The Labute approximate surface area is 265 Å². The summed E-state index contributed by atoms with van der Waals surface area (Å²) in [7, 11) is -14.7. The molecule has 0 aliphatic heterocycles. The van der Waals surface area contributed by atoms with E-state index in [-0.39, 0.29) is 38.5 Å². The van der Waals surface area contributed by atoms with Gasteiger partial charge in [0.1, 0.15) is 15.5 Å². The number of phenolic OH excluding ortho intramolecular Hbond substituents is 1. The summed E-state index contributed by atoms with van der Waals surface area (Å²) in [6.07, 6.45) is 0. The Hall–Kier alpha value is -5.38. The fourth-order valence-electron chi connectivity index (χ4n) is 4.45. The van der Waals surface area contributed by atoms with Crippen molar-refractivity contribution in [3.63, 3.8) is 0 Å². The summed E-state index contributed by atoms with van der Waals surface area (Å²) < 4.78 is 101. The highest BCUT2D eigenvalue weighted by Gasteiger charge is 2.25.